The first-order chi connectivity index (χ1) is 13.9. The van der Waals surface area contributed by atoms with Gasteiger partial charge in [0.25, 0.3) is 11.8 Å². The molecule has 1 aliphatic heterocycles. The summed E-state index contributed by atoms with van der Waals surface area (Å²) in [7, 11) is 0. The monoisotopic (exact) mass is 408 g/mol. The Bertz CT molecular complexity index is 1150. The van der Waals surface area contributed by atoms with E-state index in [1.165, 1.54) is 24.3 Å². The summed E-state index contributed by atoms with van der Waals surface area (Å²) in [5.74, 6) is -2.41. The first kappa shape index (κ1) is 18.4. The second kappa shape index (κ2) is 6.88. The second-order valence-electron chi connectivity index (χ2n) is 6.13. The van der Waals surface area contributed by atoms with Crippen molar-refractivity contribution in [3.05, 3.63) is 70.6 Å². The van der Waals surface area contributed by atoms with Crippen molar-refractivity contribution in [2.75, 3.05) is 10.2 Å². The highest BCUT2D eigenvalue weighted by atomic mass is 32.1. The Labute approximate surface area is 167 Å². The summed E-state index contributed by atoms with van der Waals surface area (Å²) in [6, 6.07) is 12.4. The van der Waals surface area contributed by atoms with Gasteiger partial charge in [-0.05, 0) is 29.8 Å². The number of carbonyl (C=O) groups excluding carboxylic acids is 2. The lowest BCUT2D eigenvalue weighted by atomic mass is 10.0. The number of carboxylic acid groups (broad SMARTS) is 2. The molecule has 0 atom stereocenters. The van der Waals surface area contributed by atoms with Crippen molar-refractivity contribution in [3.8, 4) is 11.1 Å². The number of nitrogens with one attached hydrogen (secondary N) is 1. The van der Waals surface area contributed by atoms with Crippen LogP contribution in [0.5, 0.6) is 0 Å². The summed E-state index contributed by atoms with van der Waals surface area (Å²) in [5.41, 5.74) is 1.46. The van der Waals surface area contributed by atoms with Gasteiger partial charge in [-0.2, -0.15) is 0 Å². The van der Waals surface area contributed by atoms with Crippen molar-refractivity contribution in [2.24, 2.45) is 0 Å². The van der Waals surface area contributed by atoms with Crippen LogP contribution in [0.25, 0.3) is 11.1 Å². The van der Waals surface area contributed by atoms with Crippen LogP contribution in [-0.2, 0) is 0 Å². The highest BCUT2D eigenvalue weighted by molar-refractivity contribution is 7.15. The predicted molar refractivity (Wildman–Crippen MR) is 106 cm³/mol. The highest BCUT2D eigenvalue weighted by Gasteiger charge is 2.39. The van der Waals surface area contributed by atoms with E-state index in [4.69, 9.17) is 5.11 Å². The first-order valence-electron chi connectivity index (χ1n) is 8.31. The molecule has 0 bridgehead atoms. The third-order valence-corrected chi connectivity index (χ3v) is 5.39. The maximum atomic E-state index is 12.7. The van der Waals surface area contributed by atoms with Gasteiger partial charge in [0.2, 0.25) is 0 Å². The zero-order chi connectivity index (χ0) is 20.7. The van der Waals surface area contributed by atoms with E-state index >= 15 is 0 Å². The second-order valence-corrected chi connectivity index (χ2v) is 6.99. The Kier molecular flexibility index (Phi) is 4.36. The van der Waals surface area contributed by atoms with Crippen LogP contribution in [0.3, 0.4) is 0 Å². The van der Waals surface area contributed by atoms with E-state index in [9.17, 15) is 24.3 Å². The van der Waals surface area contributed by atoms with E-state index in [1.807, 2.05) is 0 Å². The van der Waals surface area contributed by atoms with Crippen molar-refractivity contribution >= 4 is 45.9 Å². The number of rotatable bonds is 4. The van der Waals surface area contributed by atoms with Crippen LogP contribution in [0.15, 0.2) is 53.9 Å². The Morgan fingerprint density at radius 1 is 0.862 bits per heavy atom. The van der Waals surface area contributed by atoms with Crippen LogP contribution >= 0.6 is 11.3 Å². The van der Waals surface area contributed by atoms with E-state index in [0.29, 0.717) is 16.8 Å². The largest absolute Gasteiger partial charge is 0.478 e. The van der Waals surface area contributed by atoms with Crippen LogP contribution in [0, 0.1) is 0 Å². The van der Waals surface area contributed by atoms with Gasteiger partial charge in [0, 0.05) is 16.6 Å². The van der Waals surface area contributed by atoms with Crippen LogP contribution < -0.4 is 10.2 Å². The van der Waals surface area contributed by atoms with Crippen molar-refractivity contribution in [2.45, 2.75) is 0 Å². The number of hydrogen-bond donors (Lipinski definition) is 3. The number of carboxylic acids is 1. The third-order valence-electron chi connectivity index (χ3n) is 4.43. The van der Waals surface area contributed by atoms with E-state index in [2.05, 4.69) is 5.32 Å². The SMILES string of the molecule is O=C(O)Nc1ccc(-c2csc(N3C(=O)c4ccccc4C3=O)c2C(=O)O)cc1. The topological polar surface area (TPSA) is 124 Å². The van der Waals surface area contributed by atoms with Crippen molar-refractivity contribution < 1.29 is 29.4 Å². The standard InChI is InChI=1S/C20H12N2O6S/c23-16-12-3-1-2-4-13(12)17(24)22(16)18-15(19(25)26)14(9-29-18)10-5-7-11(8-6-10)21-20(27)28/h1-9,21H,(H,25,26)(H,27,28). The van der Waals surface area contributed by atoms with E-state index in [1.54, 1.807) is 29.6 Å². The molecule has 3 aromatic rings. The fourth-order valence-electron chi connectivity index (χ4n) is 3.16. The minimum absolute atomic E-state index is 0.0337. The van der Waals surface area contributed by atoms with Crippen molar-refractivity contribution in [3.63, 3.8) is 0 Å². The molecule has 0 saturated carbocycles. The number of imide groups is 1. The molecule has 0 unspecified atom stereocenters. The Hall–Kier alpha value is -3.98. The van der Waals surface area contributed by atoms with E-state index in [0.717, 1.165) is 16.2 Å². The molecule has 2 heterocycles. The molecule has 9 heteroatoms. The van der Waals surface area contributed by atoms with Crippen molar-refractivity contribution in [1.29, 1.82) is 0 Å². The van der Waals surface area contributed by atoms with Gasteiger partial charge in [-0.25, -0.2) is 14.5 Å². The van der Waals surface area contributed by atoms with Gasteiger partial charge in [-0.15, -0.1) is 11.3 Å². The van der Waals surface area contributed by atoms with Crippen molar-refractivity contribution in [1.82, 2.24) is 0 Å². The van der Waals surface area contributed by atoms with Gasteiger partial charge in [-0.1, -0.05) is 24.3 Å². The molecule has 0 spiro atoms. The zero-order valence-corrected chi connectivity index (χ0v) is 15.4. The van der Waals surface area contributed by atoms with E-state index in [-0.39, 0.29) is 21.7 Å². The lowest BCUT2D eigenvalue weighted by molar-refractivity contribution is 0.0699. The van der Waals surface area contributed by atoms with Crippen LogP contribution in [-0.4, -0.2) is 34.1 Å². The summed E-state index contributed by atoms with van der Waals surface area (Å²) in [4.78, 5) is 49.1. The van der Waals surface area contributed by atoms with Gasteiger partial charge in [0.05, 0.1) is 11.1 Å². The van der Waals surface area contributed by atoms with Gasteiger partial charge >= 0.3 is 12.1 Å². The molecule has 1 aliphatic rings. The number of thiophene rings is 1. The minimum Gasteiger partial charge on any atom is -0.478 e. The number of nitrogens with zero attached hydrogens (tertiary/aromatic N) is 1. The summed E-state index contributed by atoms with van der Waals surface area (Å²) >= 11 is 0.983. The molecular formula is C20H12N2O6S. The number of carbonyl (C=O) groups is 4. The molecule has 8 nitrogen and oxygen atoms in total. The Morgan fingerprint density at radius 3 is 1.97 bits per heavy atom. The molecule has 3 amide bonds. The number of fused-ring (bicyclic) bond motifs is 1. The van der Waals surface area contributed by atoms with Gasteiger partial charge in [-0.3, -0.25) is 14.9 Å². The highest BCUT2D eigenvalue weighted by Crippen LogP contribution is 2.41. The molecular weight excluding hydrogens is 396 g/mol. The maximum absolute atomic E-state index is 12.7. The first-order valence-corrected chi connectivity index (χ1v) is 9.19. The Morgan fingerprint density at radius 2 is 1.45 bits per heavy atom. The Balaban J connectivity index is 1.77. The molecule has 0 aliphatic carbocycles. The number of hydrogen-bond acceptors (Lipinski definition) is 5. The third kappa shape index (κ3) is 3.03. The zero-order valence-electron chi connectivity index (χ0n) is 14.6. The van der Waals surface area contributed by atoms with Gasteiger partial charge < -0.3 is 10.2 Å². The van der Waals surface area contributed by atoms with Crippen LogP contribution in [0.1, 0.15) is 31.1 Å². The lowest BCUT2D eigenvalue weighted by Gasteiger charge is -2.13. The average Bonchev–Trinajstić information content (AvgIpc) is 3.22. The normalized spacial score (nSPS) is 12.8. The summed E-state index contributed by atoms with van der Waals surface area (Å²) in [5, 5.41) is 22.3. The molecule has 0 saturated heterocycles. The molecule has 3 N–H and O–H groups in total. The molecule has 4 rings (SSSR count). The van der Waals surface area contributed by atoms with E-state index < -0.39 is 23.9 Å². The number of aromatic carboxylic acids is 1. The predicted octanol–water partition coefficient (Wildman–Crippen LogP) is 4.00. The van der Waals surface area contributed by atoms with Gasteiger partial charge in [0.1, 0.15) is 10.6 Å². The fourth-order valence-corrected chi connectivity index (χ4v) is 4.23. The van der Waals surface area contributed by atoms with Gasteiger partial charge in [0.15, 0.2) is 0 Å². The summed E-state index contributed by atoms with van der Waals surface area (Å²) in [6.45, 7) is 0. The maximum Gasteiger partial charge on any atom is 0.409 e. The quantitative estimate of drug-likeness (QED) is 0.561. The minimum atomic E-state index is -1.28. The fraction of sp³-hybridized carbons (Fsp3) is 0. The number of benzene rings is 2. The molecule has 0 fully saturated rings. The summed E-state index contributed by atoms with van der Waals surface area (Å²) in [6.07, 6.45) is -1.22. The number of amides is 3. The number of anilines is 2. The molecule has 1 aromatic heterocycles. The average molecular weight is 408 g/mol. The molecule has 2 aromatic carbocycles. The van der Waals surface area contributed by atoms with Crippen LogP contribution in [0.2, 0.25) is 0 Å². The smallest absolute Gasteiger partial charge is 0.409 e. The lowest BCUT2D eigenvalue weighted by Crippen LogP contribution is -2.30. The molecule has 29 heavy (non-hydrogen) atoms. The summed E-state index contributed by atoms with van der Waals surface area (Å²) < 4.78 is 0. The molecule has 0 radical (unpaired) electrons. The molecule has 144 valence electrons. The van der Waals surface area contributed by atoms with Crippen LogP contribution in [0.4, 0.5) is 15.5 Å².